The van der Waals surface area contributed by atoms with Crippen molar-refractivity contribution in [2.45, 2.75) is 25.3 Å². The molecule has 0 spiro atoms. The maximum Gasteiger partial charge on any atom is 0.0326 e. The van der Waals surface area contributed by atoms with Crippen molar-refractivity contribution in [3.8, 4) is 0 Å². The molecule has 1 heterocycles. The van der Waals surface area contributed by atoms with E-state index in [1.807, 2.05) is 0 Å². The van der Waals surface area contributed by atoms with Crippen molar-refractivity contribution in [1.29, 1.82) is 0 Å². The zero-order valence-electron chi connectivity index (χ0n) is 10.6. The lowest BCUT2D eigenvalue weighted by molar-refractivity contribution is 0.475. The van der Waals surface area contributed by atoms with Crippen LogP contribution in [0.1, 0.15) is 29.2 Å². The van der Waals surface area contributed by atoms with Gasteiger partial charge in [0.1, 0.15) is 0 Å². The van der Waals surface area contributed by atoms with E-state index in [0.29, 0.717) is 6.04 Å². The minimum Gasteiger partial charge on any atom is -0.310 e. The molecule has 0 radical (unpaired) electrons. The van der Waals surface area contributed by atoms with Gasteiger partial charge in [-0.2, -0.15) is 0 Å². The molecular formula is C17H19N. The molecule has 0 unspecified atom stereocenters. The normalized spacial score (nSPS) is 18.3. The van der Waals surface area contributed by atoms with Crippen LogP contribution in [0.15, 0.2) is 54.6 Å². The Labute approximate surface area is 109 Å². The summed E-state index contributed by atoms with van der Waals surface area (Å²) in [6, 6.07) is 20.1. The molecule has 18 heavy (non-hydrogen) atoms. The van der Waals surface area contributed by atoms with Gasteiger partial charge in [0.15, 0.2) is 0 Å². The van der Waals surface area contributed by atoms with Crippen LogP contribution in [0.4, 0.5) is 0 Å². The minimum atomic E-state index is 0.523. The molecule has 1 N–H and O–H groups in total. The summed E-state index contributed by atoms with van der Waals surface area (Å²) in [5.74, 6) is 0. The Hall–Kier alpha value is -1.60. The molecule has 1 atom stereocenters. The fourth-order valence-electron chi connectivity index (χ4n) is 2.81. The quantitative estimate of drug-likeness (QED) is 0.861. The van der Waals surface area contributed by atoms with E-state index < -0.39 is 0 Å². The van der Waals surface area contributed by atoms with Crippen molar-refractivity contribution in [2.75, 3.05) is 6.54 Å². The maximum atomic E-state index is 3.65. The van der Waals surface area contributed by atoms with Crippen molar-refractivity contribution in [3.05, 3.63) is 71.3 Å². The highest BCUT2D eigenvalue weighted by Crippen LogP contribution is 2.26. The summed E-state index contributed by atoms with van der Waals surface area (Å²) in [6.45, 7) is 1.11. The van der Waals surface area contributed by atoms with E-state index in [2.05, 4.69) is 59.9 Å². The standard InChI is InChI=1S/C17H19N/c1-2-6-14(7-3-1)10-11-17-16-9-5-4-8-15(16)12-13-18-17/h1-9,17-18H,10-13H2/t17-/m0/s1. The Morgan fingerprint density at radius 2 is 1.72 bits per heavy atom. The van der Waals surface area contributed by atoms with Crippen molar-refractivity contribution in [2.24, 2.45) is 0 Å². The molecule has 0 amide bonds. The number of aryl methyl sites for hydroxylation is 1. The van der Waals surface area contributed by atoms with Crippen molar-refractivity contribution >= 4 is 0 Å². The first-order chi connectivity index (χ1) is 8.93. The molecule has 0 bridgehead atoms. The molecule has 2 aromatic rings. The summed E-state index contributed by atoms with van der Waals surface area (Å²) in [5, 5.41) is 3.65. The van der Waals surface area contributed by atoms with Gasteiger partial charge in [0, 0.05) is 6.04 Å². The van der Waals surface area contributed by atoms with E-state index in [9.17, 15) is 0 Å². The van der Waals surface area contributed by atoms with Gasteiger partial charge in [0.25, 0.3) is 0 Å². The fraction of sp³-hybridized carbons (Fsp3) is 0.294. The molecule has 0 saturated heterocycles. The van der Waals surface area contributed by atoms with Gasteiger partial charge in [-0.25, -0.2) is 0 Å². The highest BCUT2D eigenvalue weighted by Gasteiger charge is 2.18. The molecule has 0 aliphatic carbocycles. The zero-order valence-corrected chi connectivity index (χ0v) is 10.6. The lowest BCUT2D eigenvalue weighted by atomic mass is 9.91. The fourth-order valence-corrected chi connectivity index (χ4v) is 2.81. The summed E-state index contributed by atoms with van der Waals surface area (Å²) < 4.78 is 0. The summed E-state index contributed by atoms with van der Waals surface area (Å²) in [4.78, 5) is 0. The first kappa shape index (κ1) is 11.5. The van der Waals surface area contributed by atoms with Gasteiger partial charge in [-0.1, -0.05) is 54.6 Å². The van der Waals surface area contributed by atoms with E-state index in [1.165, 1.54) is 23.1 Å². The van der Waals surface area contributed by atoms with Gasteiger partial charge in [-0.3, -0.25) is 0 Å². The predicted octanol–water partition coefficient (Wildman–Crippen LogP) is 3.51. The van der Waals surface area contributed by atoms with Crippen LogP contribution in [0.5, 0.6) is 0 Å². The van der Waals surface area contributed by atoms with Crippen LogP contribution in [-0.2, 0) is 12.8 Å². The van der Waals surface area contributed by atoms with Crippen LogP contribution >= 0.6 is 0 Å². The average Bonchev–Trinajstić information content (AvgIpc) is 2.46. The smallest absolute Gasteiger partial charge is 0.0326 e. The van der Waals surface area contributed by atoms with Gasteiger partial charge < -0.3 is 5.32 Å². The van der Waals surface area contributed by atoms with Crippen LogP contribution in [0.3, 0.4) is 0 Å². The van der Waals surface area contributed by atoms with Crippen molar-refractivity contribution < 1.29 is 0 Å². The predicted molar refractivity (Wildman–Crippen MR) is 75.7 cm³/mol. The van der Waals surface area contributed by atoms with Crippen molar-refractivity contribution in [3.63, 3.8) is 0 Å². The third-order valence-electron chi connectivity index (χ3n) is 3.78. The van der Waals surface area contributed by atoms with E-state index in [-0.39, 0.29) is 0 Å². The molecule has 3 rings (SSSR count). The summed E-state index contributed by atoms with van der Waals surface area (Å²) >= 11 is 0. The van der Waals surface area contributed by atoms with Crippen LogP contribution in [0, 0.1) is 0 Å². The van der Waals surface area contributed by atoms with Crippen LogP contribution in [0.2, 0.25) is 0 Å². The van der Waals surface area contributed by atoms with E-state index in [0.717, 1.165) is 19.4 Å². The number of rotatable bonds is 3. The molecule has 0 saturated carbocycles. The molecular weight excluding hydrogens is 218 g/mol. The van der Waals surface area contributed by atoms with E-state index >= 15 is 0 Å². The molecule has 1 aliphatic rings. The Morgan fingerprint density at radius 3 is 2.61 bits per heavy atom. The van der Waals surface area contributed by atoms with Crippen LogP contribution in [0.25, 0.3) is 0 Å². The summed E-state index contributed by atoms with van der Waals surface area (Å²) in [7, 11) is 0. The molecule has 1 aliphatic heterocycles. The molecule has 0 aromatic heterocycles. The molecule has 0 fully saturated rings. The first-order valence-electron chi connectivity index (χ1n) is 6.78. The van der Waals surface area contributed by atoms with Crippen LogP contribution in [-0.4, -0.2) is 6.54 Å². The number of benzene rings is 2. The summed E-state index contributed by atoms with van der Waals surface area (Å²) in [6.07, 6.45) is 3.49. The second-order valence-electron chi connectivity index (χ2n) is 4.98. The second-order valence-corrected chi connectivity index (χ2v) is 4.98. The van der Waals surface area contributed by atoms with Gasteiger partial charge in [0.2, 0.25) is 0 Å². The Kier molecular flexibility index (Phi) is 3.42. The van der Waals surface area contributed by atoms with Crippen molar-refractivity contribution in [1.82, 2.24) is 5.32 Å². The zero-order chi connectivity index (χ0) is 12.2. The highest BCUT2D eigenvalue weighted by molar-refractivity contribution is 5.32. The molecule has 1 heteroatoms. The van der Waals surface area contributed by atoms with Gasteiger partial charge in [0.05, 0.1) is 0 Å². The Morgan fingerprint density at radius 1 is 0.944 bits per heavy atom. The maximum absolute atomic E-state index is 3.65. The monoisotopic (exact) mass is 237 g/mol. The van der Waals surface area contributed by atoms with E-state index in [1.54, 1.807) is 0 Å². The number of nitrogens with one attached hydrogen (secondary N) is 1. The second kappa shape index (κ2) is 5.36. The third kappa shape index (κ3) is 2.46. The summed E-state index contributed by atoms with van der Waals surface area (Å²) in [5.41, 5.74) is 4.45. The molecule has 1 nitrogen and oxygen atoms in total. The van der Waals surface area contributed by atoms with Gasteiger partial charge >= 0.3 is 0 Å². The topological polar surface area (TPSA) is 12.0 Å². The Bertz CT molecular complexity index is 504. The number of hydrogen-bond acceptors (Lipinski definition) is 1. The SMILES string of the molecule is c1ccc(CC[C@@H]2NCCc3ccccc32)cc1. The largest absolute Gasteiger partial charge is 0.310 e. The van der Waals surface area contributed by atoms with Crippen LogP contribution < -0.4 is 5.32 Å². The first-order valence-corrected chi connectivity index (χ1v) is 6.78. The van der Waals surface area contributed by atoms with Gasteiger partial charge in [-0.15, -0.1) is 0 Å². The highest BCUT2D eigenvalue weighted by atomic mass is 14.9. The Balaban J connectivity index is 1.71. The van der Waals surface area contributed by atoms with Gasteiger partial charge in [-0.05, 0) is 42.5 Å². The molecule has 2 aromatic carbocycles. The third-order valence-corrected chi connectivity index (χ3v) is 3.78. The number of hydrogen-bond donors (Lipinski definition) is 1. The molecule has 92 valence electrons. The lowest BCUT2D eigenvalue weighted by Gasteiger charge is -2.27. The average molecular weight is 237 g/mol. The van der Waals surface area contributed by atoms with E-state index in [4.69, 9.17) is 0 Å². The number of fused-ring (bicyclic) bond motifs is 1. The lowest BCUT2D eigenvalue weighted by Crippen LogP contribution is -2.30. The minimum absolute atomic E-state index is 0.523.